The van der Waals surface area contributed by atoms with Crippen molar-refractivity contribution >= 4 is 23.1 Å². The number of amides is 1. The second-order valence-corrected chi connectivity index (χ2v) is 6.01. The van der Waals surface area contributed by atoms with Crippen molar-refractivity contribution in [3.8, 4) is 0 Å². The maximum atomic E-state index is 12.4. The minimum absolute atomic E-state index is 0.0889. The molecule has 2 aromatic rings. The first-order valence-electron chi connectivity index (χ1n) is 7.34. The molecule has 1 N–H and O–H groups in total. The van der Waals surface area contributed by atoms with Gasteiger partial charge in [-0.05, 0) is 49.5 Å². The van der Waals surface area contributed by atoms with Crippen LogP contribution in [0.15, 0.2) is 36.2 Å². The quantitative estimate of drug-likeness (QED) is 0.938. The van der Waals surface area contributed by atoms with Gasteiger partial charge < -0.3 is 5.32 Å². The molecule has 0 bridgehead atoms. The Hall–Kier alpha value is -2.07. The number of halogens is 1. The molecule has 114 valence electrons. The van der Waals surface area contributed by atoms with E-state index in [9.17, 15) is 4.79 Å². The summed E-state index contributed by atoms with van der Waals surface area (Å²) in [6.07, 6.45) is 4.67. The first kappa shape index (κ1) is 14.9. The molecule has 0 spiro atoms. The summed E-state index contributed by atoms with van der Waals surface area (Å²) in [5.74, 6) is -0.0889. The maximum Gasteiger partial charge on any atom is 0.258 e. The van der Waals surface area contributed by atoms with Crippen LogP contribution in [0, 0.1) is 6.92 Å². The largest absolute Gasteiger partial charge is 0.325 e. The lowest BCUT2D eigenvalue weighted by Crippen LogP contribution is -2.23. The monoisotopic (exact) mass is 315 g/mol. The van der Waals surface area contributed by atoms with Gasteiger partial charge in [0.05, 0.1) is 11.3 Å². The highest BCUT2D eigenvalue weighted by molar-refractivity contribution is 6.30. The predicted molar refractivity (Wildman–Crippen MR) is 87.6 cm³/mol. The van der Waals surface area contributed by atoms with Crippen LogP contribution in [-0.4, -0.2) is 15.7 Å². The average Bonchev–Trinajstić information content (AvgIpc) is 3.06. The highest BCUT2D eigenvalue weighted by Gasteiger charge is 2.20. The van der Waals surface area contributed by atoms with Crippen LogP contribution >= 0.6 is 11.6 Å². The van der Waals surface area contributed by atoms with Crippen LogP contribution in [0.1, 0.15) is 40.9 Å². The van der Waals surface area contributed by atoms with Crippen LogP contribution in [0.3, 0.4) is 0 Å². The Morgan fingerprint density at radius 3 is 2.64 bits per heavy atom. The number of benzene rings is 1. The van der Waals surface area contributed by atoms with Gasteiger partial charge in [0.15, 0.2) is 0 Å². The molecule has 0 saturated heterocycles. The van der Waals surface area contributed by atoms with Gasteiger partial charge in [-0.15, -0.1) is 0 Å². The molecule has 0 unspecified atom stereocenters. The number of aromatic nitrogens is 2. The fourth-order valence-corrected chi connectivity index (χ4v) is 3.00. The molecular weight excluding hydrogens is 298 g/mol. The summed E-state index contributed by atoms with van der Waals surface area (Å²) in [5, 5.41) is 8.01. The molecule has 1 amide bonds. The van der Waals surface area contributed by atoms with Gasteiger partial charge in [-0.1, -0.05) is 23.7 Å². The summed E-state index contributed by atoms with van der Waals surface area (Å²) in [6.45, 7) is 1.85. The minimum atomic E-state index is -0.0889. The van der Waals surface area contributed by atoms with E-state index in [4.69, 9.17) is 11.6 Å². The molecule has 1 aromatic heterocycles. The zero-order valence-electron chi connectivity index (χ0n) is 12.7. The Kier molecular flexibility index (Phi) is 4.03. The van der Waals surface area contributed by atoms with E-state index in [2.05, 4.69) is 10.4 Å². The molecule has 4 nitrogen and oxygen atoms in total. The number of rotatable bonds is 3. The van der Waals surface area contributed by atoms with Crippen molar-refractivity contribution in [1.29, 1.82) is 0 Å². The van der Waals surface area contributed by atoms with Crippen LogP contribution in [0.25, 0.3) is 5.57 Å². The van der Waals surface area contributed by atoms with Crippen LogP contribution < -0.4 is 5.32 Å². The highest BCUT2D eigenvalue weighted by atomic mass is 35.5. The molecule has 0 atom stereocenters. The summed E-state index contributed by atoms with van der Waals surface area (Å²) in [7, 11) is 1.82. The number of carbonyl (C=O) groups excluding carboxylic acids is 1. The molecule has 22 heavy (non-hydrogen) atoms. The van der Waals surface area contributed by atoms with Gasteiger partial charge in [-0.3, -0.25) is 9.48 Å². The lowest BCUT2D eigenvalue weighted by atomic mass is 10.0. The Bertz CT molecular complexity index is 744. The normalized spacial score (nSPS) is 14.5. The second kappa shape index (κ2) is 5.97. The number of hydrogen-bond acceptors (Lipinski definition) is 2. The van der Waals surface area contributed by atoms with E-state index < -0.39 is 0 Å². The molecule has 5 heteroatoms. The van der Waals surface area contributed by atoms with Gasteiger partial charge >= 0.3 is 0 Å². The smallest absolute Gasteiger partial charge is 0.258 e. The molecule has 1 aliphatic rings. The molecular formula is C17H18ClN3O. The molecule has 0 fully saturated rings. The lowest BCUT2D eigenvalue weighted by Gasteiger charge is -2.10. The van der Waals surface area contributed by atoms with E-state index in [0.29, 0.717) is 5.56 Å². The van der Waals surface area contributed by atoms with Crippen molar-refractivity contribution in [3.05, 3.63) is 58.0 Å². The van der Waals surface area contributed by atoms with Gasteiger partial charge in [0.25, 0.3) is 5.91 Å². The average molecular weight is 316 g/mol. The van der Waals surface area contributed by atoms with E-state index in [1.54, 1.807) is 10.9 Å². The van der Waals surface area contributed by atoms with E-state index >= 15 is 0 Å². The fourth-order valence-electron chi connectivity index (χ4n) is 2.88. The van der Waals surface area contributed by atoms with Crippen LogP contribution in [-0.2, 0) is 7.05 Å². The van der Waals surface area contributed by atoms with Gasteiger partial charge in [0.2, 0.25) is 0 Å². The van der Waals surface area contributed by atoms with Crippen LogP contribution in [0.2, 0.25) is 5.02 Å². The summed E-state index contributed by atoms with van der Waals surface area (Å²) >= 11 is 5.94. The van der Waals surface area contributed by atoms with Gasteiger partial charge in [0.1, 0.15) is 0 Å². The van der Waals surface area contributed by atoms with Crippen molar-refractivity contribution in [1.82, 2.24) is 15.1 Å². The Balaban J connectivity index is 1.86. The third kappa shape index (κ3) is 2.92. The SMILES string of the molecule is Cc1nn(C)cc1C(=O)NC1=C(c2ccc(Cl)cc2)CCC1. The van der Waals surface area contributed by atoms with Crippen LogP contribution in [0.5, 0.6) is 0 Å². The number of hydrogen-bond donors (Lipinski definition) is 1. The van der Waals surface area contributed by atoms with Crippen LogP contribution in [0.4, 0.5) is 0 Å². The Morgan fingerprint density at radius 2 is 2.00 bits per heavy atom. The van der Waals surface area contributed by atoms with Crippen molar-refractivity contribution in [2.24, 2.45) is 7.05 Å². The zero-order valence-corrected chi connectivity index (χ0v) is 13.4. The van der Waals surface area contributed by atoms with Gasteiger partial charge in [-0.2, -0.15) is 5.10 Å². The standard InChI is InChI=1S/C17H18ClN3O/c1-11-15(10-21(2)20-11)17(22)19-16-5-3-4-14(16)12-6-8-13(18)9-7-12/h6-10H,3-5H2,1-2H3,(H,19,22). The summed E-state index contributed by atoms with van der Waals surface area (Å²) in [5.41, 5.74) is 4.70. The zero-order chi connectivity index (χ0) is 15.7. The maximum absolute atomic E-state index is 12.4. The van der Waals surface area contributed by atoms with Crippen molar-refractivity contribution in [2.45, 2.75) is 26.2 Å². The van der Waals surface area contributed by atoms with E-state index in [0.717, 1.165) is 41.2 Å². The summed E-state index contributed by atoms with van der Waals surface area (Å²) < 4.78 is 1.66. The van der Waals surface area contributed by atoms with Gasteiger partial charge in [0, 0.05) is 24.0 Å². The highest BCUT2D eigenvalue weighted by Crippen LogP contribution is 2.33. The fraction of sp³-hybridized carbons (Fsp3) is 0.294. The third-order valence-electron chi connectivity index (χ3n) is 3.93. The first-order chi connectivity index (χ1) is 10.5. The predicted octanol–water partition coefficient (Wildman–Crippen LogP) is 3.71. The van der Waals surface area contributed by atoms with Crippen molar-refractivity contribution in [3.63, 3.8) is 0 Å². The van der Waals surface area contributed by atoms with Crippen molar-refractivity contribution < 1.29 is 4.79 Å². The molecule has 0 saturated carbocycles. The second-order valence-electron chi connectivity index (χ2n) is 5.57. The number of aryl methyl sites for hydroxylation is 2. The number of carbonyl (C=O) groups is 1. The number of nitrogens with zero attached hydrogens (tertiary/aromatic N) is 2. The molecule has 1 aliphatic carbocycles. The Labute approximate surface area is 134 Å². The molecule has 1 heterocycles. The number of allylic oxidation sites excluding steroid dienone is 2. The third-order valence-corrected chi connectivity index (χ3v) is 4.18. The first-order valence-corrected chi connectivity index (χ1v) is 7.72. The summed E-state index contributed by atoms with van der Waals surface area (Å²) in [6, 6.07) is 7.77. The topological polar surface area (TPSA) is 46.9 Å². The molecule has 1 aromatic carbocycles. The molecule has 0 aliphatic heterocycles. The van der Waals surface area contributed by atoms with E-state index in [1.165, 1.54) is 5.57 Å². The van der Waals surface area contributed by atoms with Gasteiger partial charge in [-0.25, -0.2) is 0 Å². The Morgan fingerprint density at radius 1 is 1.27 bits per heavy atom. The van der Waals surface area contributed by atoms with E-state index in [-0.39, 0.29) is 5.91 Å². The lowest BCUT2D eigenvalue weighted by molar-refractivity contribution is 0.0964. The molecule has 3 rings (SSSR count). The van der Waals surface area contributed by atoms with Crippen molar-refractivity contribution in [2.75, 3.05) is 0 Å². The summed E-state index contributed by atoms with van der Waals surface area (Å²) in [4.78, 5) is 12.4. The molecule has 0 radical (unpaired) electrons. The number of nitrogens with one attached hydrogen (secondary N) is 1. The van der Waals surface area contributed by atoms with E-state index in [1.807, 2.05) is 38.2 Å². The minimum Gasteiger partial charge on any atom is -0.325 e.